The Hall–Kier alpha value is -2.01. The van der Waals surface area contributed by atoms with Crippen LogP contribution in [-0.2, 0) is 4.79 Å². The fourth-order valence-electron chi connectivity index (χ4n) is 2.30. The van der Waals surface area contributed by atoms with E-state index in [9.17, 15) is 4.79 Å². The Kier molecular flexibility index (Phi) is 6.47. The average molecular weight is 330 g/mol. The summed E-state index contributed by atoms with van der Waals surface area (Å²) in [6.45, 7) is 6.32. The van der Waals surface area contributed by atoms with Crippen molar-refractivity contribution in [2.45, 2.75) is 19.9 Å². The first-order valence-corrected chi connectivity index (χ1v) is 8.75. The van der Waals surface area contributed by atoms with Crippen LogP contribution in [-0.4, -0.2) is 41.0 Å². The number of hydrogen-bond donors (Lipinski definition) is 1. The molecule has 0 radical (unpaired) electrons. The van der Waals surface area contributed by atoms with Gasteiger partial charge in [0.1, 0.15) is 0 Å². The number of hydrogen-bond acceptors (Lipinski definition) is 4. The van der Waals surface area contributed by atoms with Crippen molar-refractivity contribution in [1.29, 1.82) is 0 Å². The largest absolute Gasteiger partial charge is 0.480 e. The quantitative estimate of drug-likeness (QED) is 0.775. The minimum Gasteiger partial charge on any atom is -0.480 e. The Morgan fingerprint density at radius 1 is 1.26 bits per heavy atom. The number of carboxylic acid groups (broad SMARTS) is 1. The third-order valence-corrected chi connectivity index (χ3v) is 4.64. The molecule has 1 aromatic rings. The lowest BCUT2D eigenvalue weighted by molar-refractivity contribution is -0.137. The topological polar surface area (TPSA) is 52.9 Å². The lowest BCUT2D eigenvalue weighted by Gasteiger charge is -2.20. The van der Waals surface area contributed by atoms with Crippen molar-refractivity contribution in [2.24, 2.45) is 4.99 Å². The lowest BCUT2D eigenvalue weighted by Crippen LogP contribution is -2.21. The summed E-state index contributed by atoms with van der Waals surface area (Å²) in [6, 6.07) is 7.85. The molecule has 1 atom stereocenters. The van der Waals surface area contributed by atoms with Crippen molar-refractivity contribution in [3.8, 4) is 0 Å². The first-order valence-electron chi connectivity index (χ1n) is 7.77. The van der Waals surface area contributed by atoms with Crippen LogP contribution in [0, 0.1) is 0 Å². The minimum absolute atomic E-state index is 0.519. The Morgan fingerprint density at radius 2 is 1.91 bits per heavy atom. The summed E-state index contributed by atoms with van der Waals surface area (Å²) < 4.78 is 0. The van der Waals surface area contributed by atoms with Gasteiger partial charge in [0.2, 0.25) is 0 Å². The molecule has 23 heavy (non-hydrogen) atoms. The first-order chi connectivity index (χ1) is 11.1. The summed E-state index contributed by atoms with van der Waals surface area (Å²) in [5, 5.41) is 9.66. The monoisotopic (exact) mass is 330 g/mol. The number of aliphatic imine (C=N–C) groups is 1. The third kappa shape index (κ3) is 4.99. The van der Waals surface area contributed by atoms with Crippen molar-refractivity contribution in [1.82, 2.24) is 0 Å². The van der Waals surface area contributed by atoms with Gasteiger partial charge in [-0.25, -0.2) is 4.79 Å². The van der Waals surface area contributed by atoms with Gasteiger partial charge in [0, 0.05) is 24.5 Å². The SMILES string of the molecule is CCN(CC)c1ccc(/C=C/C=C/C2=NC(C(=O)O)CS2)cc1. The number of rotatable bonds is 7. The van der Waals surface area contributed by atoms with E-state index in [0.29, 0.717) is 5.75 Å². The number of nitrogens with zero attached hydrogens (tertiary/aromatic N) is 2. The highest BCUT2D eigenvalue weighted by atomic mass is 32.2. The Bertz CT molecular complexity index is 616. The minimum atomic E-state index is -0.857. The van der Waals surface area contributed by atoms with Crippen LogP contribution < -0.4 is 4.90 Å². The Labute approximate surface area is 141 Å². The number of anilines is 1. The predicted octanol–water partition coefficient (Wildman–Crippen LogP) is 3.70. The maximum Gasteiger partial charge on any atom is 0.329 e. The molecule has 0 amide bonds. The number of carbonyl (C=O) groups is 1. The average Bonchev–Trinajstić information content (AvgIpc) is 3.03. The maximum absolute atomic E-state index is 10.8. The van der Waals surface area contributed by atoms with Gasteiger partial charge in [-0.1, -0.05) is 30.4 Å². The van der Waals surface area contributed by atoms with Crippen LogP contribution in [0.3, 0.4) is 0 Å². The van der Waals surface area contributed by atoms with Crippen LogP contribution in [0.4, 0.5) is 5.69 Å². The van der Waals surface area contributed by atoms with Crippen LogP contribution in [0.25, 0.3) is 6.08 Å². The predicted molar refractivity (Wildman–Crippen MR) is 99.5 cm³/mol. The van der Waals surface area contributed by atoms with Crippen molar-refractivity contribution in [3.63, 3.8) is 0 Å². The molecule has 0 aromatic heterocycles. The molecule has 0 spiro atoms. The molecule has 1 aliphatic heterocycles. The second-order valence-electron chi connectivity index (χ2n) is 5.11. The molecule has 0 aliphatic carbocycles. The lowest BCUT2D eigenvalue weighted by atomic mass is 10.2. The van der Waals surface area contributed by atoms with Crippen LogP contribution in [0.1, 0.15) is 19.4 Å². The van der Waals surface area contributed by atoms with Gasteiger partial charge in [-0.2, -0.15) is 0 Å². The maximum atomic E-state index is 10.8. The zero-order valence-electron chi connectivity index (χ0n) is 13.5. The summed E-state index contributed by atoms with van der Waals surface area (Å²) in [4.78, 5) is 17.3. The van der Waals surface area contributed by atoms with Crippen molar-refractivity contribution in [3.05, 3.63) is 48.1 Å². The second-order valence-corrected chi connectivity index (χ2v) is 6.15. The molecule has 1 aromatic carbocycles. The number of aliphatic carboxylic acids is 1. The summed E-state index contributed by atoms with van der Waals surface area (Å²) in [5.41, 5.74) is 2.37. The van der Waals surface area contributed by atoms with E-state index in [0.717, 1.165) is 23.7 Å². The van der Waals surface area contributed by atoms with E-state index < -0.39 is 12.0 Å². The number of allylic oxidation sites excluding steroid dienone is 2. The van der Waals surface area contributed by atoms with Crippen LogP contribution in [0.2, 0.25) is 0 Å². The molecule has 1 N–H and O–H groups in total. The number of thioether (sulfide) groups is 1. The summed E-state index contributed by atoms with van der Waals surface area (Å²) in [7, 11) is 0. The normalized spacial score (nSPS) is 17.8. The molecule has 0 bridgehead atoms. The summed E-state index contributed by atoms with van der Waals surface area (Å²) in [5.74, 6) is -0.337. The first kappa shape index (κ1) is 17.3. The van der Waals surface area contributed by atoms with Gasteiger partial charge in [-0.15, -0.1) is 11.8 Å². The molecule has 1 aliphatic rings. The Balaban J connectivity index is 1.92. The van der Waals surface area contributed by atoms with Crippen LogP contribution in [0.15, 0.2) is 47.5 Å². The zero-order valence-corrected chi connectivity index (χ0v) is 14.3. The van der Waals surface area contributed by atoms with E-state index in [1.165, 1.54) is 17.4 Å². The third-order valence-electron chi connectivity index (χ3n) is 3.62. The van der Waals surface area contributed by atoms with Crippen LogP contribution >= 0.6 is 11.8 Å². The molecule has 1 unspecified atom stereocenters. The standard InChI is InChI=1S/C18H22N2O2S/c1-3-20(4-2)15-11-9-14(10-12-15)7-5-6-8-17-19-16(13-23-17)18(21)22/h5-12,16H,3-4,13H2,1-2H3,(H,21,22)/b7-5+,8-6+. The van der Waals surface area contributed by atoms with Crippen LogP contribution in [0.5, 0.6) is 0 Å². The molecule has 1 heterocycles. The second kappa shape index (κ2) is 8.58. The van der Waals surface area contributed by atoms with Gasteiger partial charge in [-0.05, 0) is 37.6 Å². The molecule has 2 rings (SSSR count). The fourth-order valence-corrected chi connectivity index (χ4v) is 3.22. The Morgan fingerprint density at radius 3 is 2.48 bits per heavy atom. The van der Waals surface area contributed by atoms with E-state index in [-0.39, 0.29) is 0 Å². The van der Waals surface area contributed by atoms with Gasteiger partial charge < -0.3 is 10.0 Å². The molecule has 0 fully saturated rings. The van der Waals surface area contributed by atoms with Gasteiger partial charge in [0.05, 0.1) is 5.04 Å². The molecular formula is C18H22N2O2S. The van der Waals surface area contributed by atoms with E-state index >= 15 is 0 Å². The van der Waals surface area contributed by atoms with Gasteiger partial charge >= 0.3 is 5.97 Å². The molecule has 0 saturated heterocycles. The fraction of sp³-hybridized carbons (Fsp3) is 0.333. The van der Waals surface area contributed by atoms with Crippen molar-refractivity contribution in [2.75, 3.05) is 23.7 Å². The summed E-state index contributed by atoms with van der Waals surface area (Å²) in [6.07, 6.45) is 7.73. The van der Waals surface area contributed by atoms with E-state index in [1.54, 1.807) is 0 Å². The molecule has 5 heteroatoms. The highest BCUT2D eigenvalue weighted by Crippen LogP contribution is 2.19. The smallest absolute Gasteiger partial charge is 0.329 e. The molecule has 0 saturated carbocycles. The van der Waals surface area contributed by atoms with Crippen molar-refractivity contribution < 1.29 is 9.90 Å². The van der Waals surface area contributed by atoms with E-state index in [4.69, 9.17) is 5.11 Å². The number of benzene rings is 1. The molecular weight excluding hydrogens is 308 g/mol. The zero-order chi connectivity index (χ0) is 16.7. The highest BCUT2D eigenvalue weighted by molar-refractivity contribution is 8.14. The molecule has 122 valence electrons. The van der Waals surface area contributed by atoms with Gasteiger partial charge in [0.25, 0.3) is 0 Å². The number of carboxylic acids is 1. The van der Waals surface area contributed by atoms with Crippen molar-refractivity contribution >= 4 is 34.5 Å². The molecule has 4 nitrogen and oxygen atoms in total. The van der Waals surface area contributed by atoms with E-state index in [1.807, 2.05) is 24.3 Å². The van der Waals surface area contributed by atoms with Gasteiger partial charge in [-0.3, -0.25) is 4.99 Å². The van der Waals surface area contributed by atoms with E-state index in [2.05, 4.69) is 48.0 Å². The highest BCUT2D eigenvalue weighted by Gasteiger charge is 2.22. The van der Waals surface area contributed by atoms with Gasteiger partial charge in [0.15, 0.2) is 6.04 Å². The summed E-state index contributed by atoms with van der Waals surface area (Å²) >= 11 is 1.48.